The zero-order chi connectivity index (χ0) is 24.9. The van der Waals surface area contributed by atoms with E-state index in [1.807, 2.05) is 0 Å². The van der Waals surface area contributed by atoms with Crippen molar-refractivity contribution in [2.45, 2.75) is 32.4 Å². The number of amidine groups is 1. The number of anilines is 1. The van der Waals surface area contributed by atoms with Crippen molar-refractivity contribution in [1.82, 2.24) is 0 Å². The summed E-state index contributed by atoms with van der Waals surface area (Å²) >= 11 is 0. The van der Waals surface area contributed by atoms with Gasteiger partial charge in [-0.2, -0.15) is 13.2 Å². The fraction of sp³-hybridized carbons (Fsp3) is 0.318. The van der Waals surface area contributed by atoms with Crippen molar-refractivity contribution in [3.05, 3.63) is 53.1 Å². The smallest absolute Gasteiger partial charge is 0.421 e. The van der Waals surface area contributed by atoms with E-state index in [0.717, 1.165) is 23.1 Å². The van der Waals surface area contributed by atoms with Crippen LogP contribution in [0.1, 0.15) is 36.5 Å². The standard InChI is InChI=1S/C22H24F3N3O5/c1-12(9-14-10-13(21(26)27)5-6-16(14)29)11-28(18(31)7-8-19(32)33)15-3-2-4-17(30)20(15)22(23,24)25/h2-6,10,12,29-30H,7-9,11H2,1H3,(H3,26,27)(H,32,33). The number of aliphatic carboxylic acids is 1. The number of nitrogens with zero attached hydrogens (tertiary/aromatic N) is 1. The Kier molecular flexibility index (Phi) is 7.91. The topological polar surface area (TPSA) is 148 Å². The second-order valence-corrected chi connectivity index (χ2v) is 7.63. The van der Waals surface area contributed by atoms with Gasteiger partial charge in [0.05, 0.1) is 12.1 Å². The highest BCUT2D eigenvalue weighted by molar-refractivity contribution is 5.96. The Bertz CT molecular complexity index is 1060. The normalized spacial score (nSPS) is 12.2. The van der Waals surface area contributed by atoms with E-state index in [1.165, 1.54) is 18.2 Å². The number of hydrogen-bond acceptors (Lipinski definition) is 5. The van der Waals surface area contributed by atoms with Gasteiger partial charge in [0.1, 0.15) is 22.9 Å². The van der Waals surface area contributed by atoms with Gasteiger partial charge in [0.15, 0.2) is 0 Å². The molecule has 0 fully saturated rings. The minimum absolute atomic E-state index is 0.107. The van der Waals surface area contributed by atoms with Gasteiger partial charge in [0.25, 0.3) is 0 Å². The highest BCUT2D eigenvalue weighted by Crippen LogP contribution is 2.42. The van der Waals surface area contributed by atoms with Crippen molar-refractivity contribution in [2.75, 3.05) is 11.4 Å². The Morgan fingerprint density at radius 2 is 1.79 bits per heavy atom. The number of benzene rings is 2. The summed E-state index contributed by atoms with van der Waals surface area (Å²) in [6.45, 7) is 1.38. The summed E-state index contributed by atoms with van der Waals surface area (Å²) in [6.07, 6.45) is -5.97. The van der Waals surface area contributed by atoms with Gasteiger partial charge < -0.3 is 26.0 Å². The number of amides is 1. The zero-order valence-electron chi connectivity index (χ0n) is 17.7. The van der Waals surface area contributed by atoms with Gasteiger partial charge >= 0.3 is 12.1 Å². The SMILES string of the molecule is CC(Cc1cc(C(=N)N)ccc1O)CN(C(=O)CCC(=O)O)c1cccc(O)c1C(F)(F)F. The molecule has 33 heavy (non-hydrogen) atoms. The molecule has 0 spiro atoms. The molecule has 0 bridgehead atoms. The average molecular weight is 467 g/mol. The maximum Gasteiger partial charge on any atom is 0.421 e. The molecule has 0 saturated carbocycles. The zero-order valence-corrected chi connectivity index (χ0v) is 17.7. The number of alkyl halides is 3. The van der Waals surface area contributed by atoms with Crippen LogP contribution >= 0.6 is 0 Å². The molecule has 0 radical (unpaired) electrons. The first-order valence-corrected chi connectivity index (χ1v) is 9.88. The number of nitrogens with two attached hydrogens (primary N) is 1. The minimum Gasteiger partial charge on any atom is -0.508 e. The number of carboxylic acids is 1. The maximum absolute atomic E-state index is 13.6. The van der Waals surface area contributed by atoms with E-state index in [0.29, 0.717) is 11.1 Å². The Balaban J connectivity index is 2.42. The molecule has 6 N–H and O–H groups in total. The van der Waals surface area contributed by atoms with Gasteiger partial charge in [-0.05, 0) is 48.2 Å². The van der Waals surface area contributed by atoms with Gasteiger partial charge in [0, 0.05) is 18.5 Å². The molecule has 178 valence electrons. The molecular formula is C22H24F3N3O5. The Morgan fingerprint density at radius 1 is 1.12 bits per heavy atom. The highest BCUT2D eigenvalue weighted by Gasteiger charge is 2.39. The molecule has 11 heteroatoms. The van der Waals surface area contributed by atoms with E-state index in [2.05, 4.69) is 0 Å². The fourth-order valence-corrected chi connectivity index (χ4v) is 3.40. The largest absolute Gasteiger partial charge is 0.508 e. The molecule has 0 heterocycles. The molecule has 0 saturated heterocycles. The van der Waals surface area contributed by atoms with Crippen LogP contribution in [0.4, 0.5) is 18.9 Å². The molecule has 0 aliphatic heterocycles. The Labute approximate surface area is 187 Å². The van der Waals surface area contributed by atoms with Crippen LogP contribution < -0.4 is 10.6 Å². The molecule has 1 amide bonds. The lowest BCUT2D eigenvalue weighted by Gasteiger charge is -2.29. The number of nitrogens with one attached hydrogen (secondary N) is 1. The second-order valence-electron chi connectivity index (χ2n) is 7.63. The summed E-state index contributed by atoms with van der Waals surface area (Å²) in [5, 5.41) is 36.4. The van der Waals surface area contributed by atoms with Crippen LogP contribution in [0.15, 0.2) is 36.4 Å². The molecule has 0 aromatic heterocycles. The monoisotopic (exact) mass is 467 g/mol. The van der Waals surface area contributed by atoms with Gasteiger partial charge in [-0.3, -0.25) is 15.0 Å². The summed E-state index contributed by atoms with van der Waals surface area (Å²) < 4.78 is 40.9. The fourth-order valence-electron chi connectivity index (χ4n) is 3.40. The quantitative estimate of drug-likeness (QED) is 0.282. The Morgan fingerprint density at radius 3 is 2.36 bits per heavy atom. The van der Waals surface area contributed by atoms with Crippen LogP contribution in [0.25, 0.3) is 0 Å². The van der Waals surface area contributed by atoms with Crippen LogP contribution in [-0.4, -0.2) is 39.6 Å². The predicted octanol–water partition coefficient (Wildman–Crippen LogP) is 3.48. The van der Waals surface area contributed by atoms with Crippen molar-refractivity contribution >= 4 is 23.4 Å². The number of carbonyl (C=O) groups is 2. The van der Waals surface area contributed by atoms with Gasteiger partial charge in [0.2, 0.25) is 5.91 Å². The minimum atomic E-state index is -4.97. The molecule has 1 unspecified atom stereocenters. The van der Waals surface area contributed by atoms with E-state index in [1.54, 1.807) is 6.92 Å². The molecule has 2 rings (SSSR count). The van der Waals surface area contributed by atoms with Crippen LogP contribution in [-0.2, 0) is 22.2 Å². The van der Waals surface area contributed by atoms with Crippen LogP contribution in [0.2, 0.25) is 0 Å². The van der Waals surface area contributed by atoms with E-state index in [-0.39, 0.29) is 24.6 Å². The molecule has 8 nitrogen and oxygen atoms in total. The van der Waals surface area contributed by atoms with E-state index < -0.39 is 53.8 Å². The lowest BCUT2D eigenvalue weighted by atomic mass is 9.97. The first-order valence-electron chi connectivity index (χ1n) is 9.88. The molecular weight excluding hydrogens is 443 g/mol. The number of hydrogen-bond donors (Lipinski definition) is 5. The van der Waals surface area contributed by atoms with Crippen molar-refractivity contribution < 1.29 is 38.1 Å². The van der Waals surface area contributed by atoms with Crippen molar-refractivity contribution in [3.8, 4) is 11.5 Å². The third kappa shape index (κ3) is 6.61. The lowest BCUT2D eigenvalue weighted by Crippen LogP contribution is -2.37. The molecule has 2 aromatic rings. The number of carbonyl (C=O) groups excluding carboxylic acids is 1. The second kappa shape index (κ2) is 10.2. The lowest BCUT2D eigenvalue weighted by molar-refractivity contribution is -0.140. The van der Waals surface area contributed by atoms with Crippen LogP contribution in [0.3, 0.4) is 0 Å². The first-order chi connectivity index (χ1) is 15.3. The van der Waals surface area contributed by atoms with Crippen molar-refractivity contribution in [1.29, 1.82) is 5.41 Å². The maximum atomic E-state index is 13.6. The molecule has 1 atom stereocenters. The van der Waals surface area contributed by atoms with Gasteiger partial charge in [-0.25, -0.2) is 0 Å². The van der Waals surface area contributed by atoms with Crippen LogP contribution in [0, 0.1) is 11.3 Å². The number of phenolic OH excluding ortho intramolecular Hbond substituents is 2. The van der Waals surface area contributed by atoms with Crippen molar-refractivity contribution in [3.63, 3.8) is 0 Å². The summed E-state index contributed by atoms with van der Waals surface area (Å²) in [4.78, 5) is 24.4. The summed E-state index contributed by atoms with van der Waals surface area (Å²) in [7, 11) is 0. The Hall–Kier alpha value is -3.76. The highest BCUT2D eigenvalue weighted by atomic mass is 19.4. The summed E-state index contributed by atoms with van der Waals surface area (Å²) in [6, 6.07) is 7.29. The third-order valence-electron chi connectivity index (χ3n) is 4.90. The first kappa shape index (κ1) is 25.5. The van der Waals surface area contributed by atoms with E-state index in [4.69, 9.17) is 16.2 Å². The number of phenols is 2. The number of nitrogen functional groups attached to an aromatic ring is 1. The molecule has 0 aliphatic rings. The number of halogens is 3. The third-order valence-corrected chi connectivity index (χ3v) is 4.90. The summed E-state index contributed by atoms with van der Waals surface area (Å²) in [5.41, 5.74) is 4.19. The number of rotatable bonds is 9. The van der Waals surface area contributed by atoms with Crippen molar-refractivity contribution in [2.24, 2.45) is 11.7 Å². The van der Waals surface area contributed by atoms with Gasteiger partial charge in [-0.15, -0.1) is 0 Å². The van der Waals surface area contributed by atoms with E-state index in [9.17, 15) is 33.0 Å². The number of carboxylic acid groups (broad SMARTS) is 1. The van der Waals surface area contributed by atoms with Crippen LogP contribution in [0.5, 0.6) is 11.5 Å². The number of aromatic hydroxyl groups is 2. The predicted molar refractivity (Wildman–Crippen MR) is 114 cm³/mol. The average Bonchev–Trinajstić information content (AvgIpc) is 2.70. The summed E-state index contributed by atoms with van der Waals surface area (Å²) in [5.74, 6) is -4.05. The van der Waals surface area contributed by atoms with Gasteiger partial charge in [-0.1, -0.05) is 13.0 Å². The van der Waals surface area contributed by atoms with E-state index >= 15 is 0 Å². The molecule has 2 aromatic carbocycles. The molecule has 0 aliphatic carbocycles.